The van der Waals surface area contributed by atoms with Gasteiger partial charge < -0.3 is 25.4 Å². The van der Waals surface area contributed by atoms with Gasteiger partial charge in [-0.15, -0.1) is 11.3 Å². The smallest absolute Gasteiger partial charge is 0.404 e. The molecule has 39 heavy (non-hydrogen) atoms. The third kappa shape index (κ3) is 14.5. The van der Waals surface area contributed by atoms with E-state index < -0.39 is 6.09 Å². The highest BCUT2D eigenvalue weighted by Crippen LogP contribution is 2.26. The molecule has 0 aliphatic carbocycles. The number of primary amides is 1. The summed E-state index contributed by atoms with van der Waals surface area (Å²) in [5.41, 5.74) is 7.57. The van der Waals surface area contributed by atoms with E-state index in [-0.39, 0.29) is 12.5 Å². The number of likely N-dealkylation sites (N-methyl/N-ethyl adjacent to an activating group) is 1. The SMILES string of the molecule is CN(C)CCOc1ccc(-c2csc(NC(=O)CCCCCNSN)n2)cc1.NC(=O)OCc1ccccc1. The number of nitrogens with zero attached hydrogens (tertiary/aromatic N) is 2. The van der Waals surface area contributed by atoms with Crippen LogP contribution >= 0.6 is 23.5 Å². The van der Waals surface area contributed by atoms with Gasteiger partial charge in [-0.1, -0.05) is 36.8 Å². The maximum atomic E-state index is 12.0. The molecule has 0 saturated carbocycles. The summed E-state index contributed by atoms with van der Waals surface area (Å²) in [7, 11) is 4.04. The molecule has 12 heteroatoms. The van der Waals surface area contributed by atoms with Crippen LogP contribution in [0.4, 0.5) is 9.93 Å². The van der Waals surface area contributed by atoms with Crippen LogP contribution in [0.3, 0.4) is 0 Å². The molecule has 2 amide bonds. The molecule has 0 aliphatic rings. The molecule has 3 rings (SSSR count). The van der Waals surface area contributed by atoms with E-state index >= 15 is 0 Å². The van der Waals surface area contributed by atoms with Gasteiger partial charge in [-0.05, 0) is 56.8 Å². The molecule has 10 nitrogen and oxygen atoms in total. The fourth-order valence-electron chi connectivity index (χ4n) is 3.16. The predicted octanol–water partition coefficient (Wildman–Crippen LogP) is 4.64. The van der Waals surface area contributed by atoms with Crippen LogP contribution in [0.2, 0.25) is 0 Å². The highest BCUT2D eigenvalue weighted by atomic mass is 32.2. The normalized spacial score (nSPS) is 10.5. The Morgan fingerprint density at radius 2 is 1.79 bits per heavy atom. The number of nitrogens with two attached hydrogens (primary N) is 2. The van der Waals surface area contributed by atoms with Gasteiger partial charge in [-0.2, -0.15) is 0 Å². The Morgan fingerprint density at radius 1 is 1.05 bits per heavy atom. The van der Waals surface area contributed by atoms with Gasteiger partial charge in [0, 0.05) is 42.6 Å². The lowest BCUT2D eigenvalue weighted by molar-refractivity contribution is -0.116. The number of carbonyl (C=O) groups is 2. The number of hydrogen-bond acceptors (Lipinski definition) is 10. The van der Waals surface area contributed by atoms with E-state index in [1.165, 1.54) is 11.3 Å². The zero-order chi connectivity index (χ0) is 28.3. The third-order valence-corrected chi connectivity index (χ3v) is 6.33. The van der Waals surface area contributed by atoms with Gasteiger partial charge in [0.25, 0.3) is 0 Å². The fourth-order valence-corrected chi connectivity index (χ4v) is 4.16. The van der Waals surface area contributed by atoms with Gasteiger partial charge in [0.2, 0.25) is 5.91 Å². The summed E-state index contributed by atoms with van der Waals surface area (Å²) in [6.07, 6.45) is 2.62. The van der Waals surface area contributed by atoms with Gasteiger partial charge in [-0.3, -0.25) is 14.7 Å². The molecular formula is C27H38N6O4S2. The molecule has 0 saturated heterocycles. The van der Waals surface area contributed by atoms with Crippen molar-refractivity contribution in [2.45, 2.75) is 32.3 Å². The maximum Gasteiger partial charge on any atom is 0.404 e. The Hall–Kier alpha value is -3.16. The van der Waals surface area contributed by atoms with Gasteiger partial charge in [-0.25, -0.2) is 9.78 Å². The number of thiazole rings is 1. The first kappa shape index (κ1) is 32.1. The number of anilines is 1. The van der Waals surface area contributed by atoms with E-state index in [1.807, 2.05) is 74.1 Å². The van der Waals surface area contributed by atoms with Crippen LogP contribution in [0.5, 0.6) is 5.75 Å². The molecule has 0 aliphatic heterocycles. The first-order chi connectivity index (χ1) is 18.9. The van der Waals surface area contributed by atoms with Crippen molar-refractivity contribution in [1.82, 2.24) is 14.6 Å². The Kier molecular flexibility index (Phi) is 15.6. The lowest BCUT2D eigenvalue weighted by Gasteiger charge is -2.11. The molecule has 0 spiro atoms. The average Bonchev–Trinajstić information content (AvgIpc) is 3.39. The fraction of sp³-hybridized carbons (Fsp3) is 0.370. The summed E-state index contributed by atoms with van der Waals surface area (Å²) in [6.45, 7) is 2.64. The first-order valence-electron chi connectivity index (χ1n) is 12.6. The predicted molar refractivity (Wildman–Crippen MR) is 159 cm³/mol. The summed E-state index contributed by atoms with van der Waals surface area (Å²) in [5.74, 6) is 0.848. The summed E-state index contributed by atoms with van der Waals surface area (Å²) < 4.78 is 13.3. The molecule has 0 atom stereocenters. The molecule has 3 aromatic rings. The van der Waals surface area contributed by atoms with Crippen LogP contribution in [0.15, 0.2) is 60.0 Å². The van der Waals surface area contributed by atoms with Crippen molar-refractivity contribution in [1.29, 1.82) is 0 Å². The maximum absolute atomic E-state index is 12.0. The Bertz CT molecular complexity index is 1100. The molecular weight excluding hydrogens is 536 g/mol. The largest absolute Gasteiger partial charge is 0.492 e. The van der Waals surface area contributed by atoms with E-state index in [0.29, 0.717) is 18.2 Å². The minimum Gasteiger partial charge on any atom is -0.492 e. The van der Waals surface area contributed by atoms with Crippen molar-refractivity contribution in [3.8, 4) is 17.0 Å². The lowest BCUT2D eigenvalue weighted by Crippen LogP contribution is -2.19. The molecule has 0 bridgehead atoms. The van der Waals surface area contributed by atoms with Crippen molar-refractivity contribution < 1.29 is 19.1 Å². The van der Waals surface area contributed by atoms with Crippen molar-refractivity contribution in [3.05, 3.63) is 65.5 Å². The summed E-state index contributed by atoms with van der Waals surface area (Å²) in [4.78, 5) is 28.8. The second-order valence-corrected chi connectivity index (χ2v) is 10.1. The van der Waals surface area contributed by atoms with E-state index in [0.717, 1.165) is 67.1 Å². The highest BCUT2D eigenvalue weighted by Gasteiger charge is 2.08. The topological polar surface area (TPSA) is 145 Å². The number of ether oxygens (including phenoxy) is 2. The number of carbonyl (C=O) groups excluding carboxylic acids is 2. The van der Waals surface area contributed by atoms with Crippen LogP contribution in [-0.2, 0) is 16.1 Å². The molecule has 2 aromatic carbocycles. The van der Waals surface area contributed by atoms with Crippen molar-refractivity contribution in [2.75, 3.05) is 39.1 Å². The Morgan fingerprint density at radius 3 is 2.46 bits per heavy atom. The monoisotopic (exact) mass is 574 g/mol. The number of unbranched alkanes of at least 4 members (excludes halogenated alkanes) is 2. The first-order valence-corrected chi connectivity index (χ1v) is 14.3. The number of benzene rings is 2. The molecule has 6 N–H and O–H groups in total. The summed E-state index contributed by atoms with van der Waals surface area (Å²) in [5, 5.41) is 10.8. The standard InChI is InChI=1S/C19H29N5O2S2.C8H9NO2/c1-24(2)12-13-26-16-9-7-15(8-10-16)17-14-27-19(22-17)23-18(25)6-4-3-5-11-21-28-20;9-8(10)11-6-7-4-2-1-3-5-7/h7-10,14,21H,3-6,11-13,20H2,1-2H3,(H,22,23,25);1-5H,6H2,(H2,9,10). The van der Waals surface area contributed by atoms with Crippen LogP contribution in [-0.4, -0.2) is 55.7 Å². The number of nitrogens with one attached hydrogen (secondary N) is 2. The second kappa shape index (κ2) is 19.0. The average molecular weight is 575 g/mol. The number of hydrogen-bond donors (Lipinski definition) is 4. The van der Waals surface area contributed by atoms with Crippen molar-refractivity contribution in [3.63, 3.8) is 0 Å². The lowest BCUT2D eigenvalue weighted by atomic mass is 10.2. The van der Waals surface area contributed by atoms with E-state index in [2.05, 4.69) is 24.7 Å². The molecule has 1 aromatic heterocycles. The van der Waals surface area contributed by atoms with Gasteiger partial charge in [0.15, 0.2) is 5.13 Å². The molecule has 212 valence electrons. The zero-order valence-electron chi connectivity index (χ0n) is 22.4. The number of rotatable bonds is 15. The van der Waals surface area contributed by atoms with Crippen LogP contribution < -0.4 is 25.6 Å². The Balaban J connectivity index is 0.000000404. The highest BCUT2D eigenvalue weighted by molar-refractivity contribution is 7.95. The van der Waals surface area contributed by atoms with Gasteiger partial charge in [0.1, 0.15) is 19.0 Å². The third-order valence-electron chi connectivity index (χ3n) is 5.20. The molecule has 0 unspecified atom stereocenters. The van der Waals surface area contributed by atoms with Crippen molar-refractivity contribution >= 4 is 40.6 Å². The minimum atomic E-state index is -0.742. The zero-order valence-corrected chi connectivity index (χ0v) is 24.1. The number of aromatic nitrogens is 1. The molecule has 0 radical (unpaired) electrons. The summed E-state index contributed by atoms with van der Waals surface area (Å²) >= 11 is 2.57. The summed E-state index contributed by atoms with van der Waals surface area (Å²) in [6, 6.07) is 17.2. The van der Waals surface area contributed by atoms with Gasteiger partial charge >= 0.3 is 6.09 Å². The van der Waals surface area contributed by atoms with E-state index in [4.69, 9.17) is 15.6 Å². The minimum absolute atomic E-state index is 0.00620. The van der Waals surface area contributed by atoms with Crippen LogP contribution in [0.1, 0.15) is 31.2 Å². The Labute approximate surface area is 238 Å². The van der Waals surface area contributed by atoms with E-state index in [1.54, 1.807) is 0 Å². The van der Waals surface area contributed by atoms with Gasteiger partial charge in [0.05, 0.1) is 5.69 Å². The van der Waals surface area contributed by atoms with E-state index in [9.17, 15) is 9.59 Å². The molecule has 0 fully saturated rings. The number of amides is 2. The quantitative estimate of drug-likeness (QED) is 0.151. The second-order valence-electron chi connectivity index (χ2n) is 8.68. The van der Waals surface area contributed by atoms with Crippen molar-refractivity contribution in [2.24, 2.45) is 10.9 Å². The van der Waals surface area contributed by atoms with Crippen LogP contribution in [0.25, 0.3) is 11.3 Å². The van der Waals surface area contributed by atoms with Crippen LogP contribution in [0, 0.1) is 0 Å². The molecule has 1 heterocycles.